The van der Waals surface area contributed by atoms with Gasteiger partial charge in [0.15, 0.2) is 0 Å². The van der Waals surface area contributed by atoms with Gasteiger partial charge in [-0.2, -0.15) is 0 Å². The molecule has 0 saturated heterocycles. The Morgan fingerprint density at radius 2 is 1.94 bits per heavy atom. The van der Waals surface area contributed by atoms with Crippen molar-refractivity contribution in [2.24, 2.45) is 12.8 Å². The zero-order chi connectivity index (χ0) is 13.1. The maximum absolute atomic E-state index is 5.81. The summed E-state index contributed by atoms with van der Waals surface area (Å²) in [6, 6.07) is 4.11. The van der Waals surface area contributed by atoms with Gasteiger partial charge in [0, 0.05) is 13.6 Å². The van der Waals surface area contributed by atoms with E-state index in [4.69, 9.17) is 10.5 Å². The van der Waals surface area contributed by atoms with Crippen molar-refractivity contribution in [1.82, 2.24) is 15.0 Å². The zero-order valence-corrected chi connectivity index (χ0v) is 11.0. The SMILES string of the molecule is Cc1cc(CN)cc(C)c1OCc1cn(C)nn1. The van der Waals surface area contributed by atoms with Gasteiger partial charge >= 0.3 is 0 Å². The van der Waals surface area contributed by atoms with E-state index in [1.807, 2.05) is 27.1 Å². The Balaban J connectivity index is 2.14. The number of ether oxygens (including phenoxy) is 1. The third kappa shape index (κ3) is 2.68. The molecule has 1 aromatic heterocycles. The van der Waals surface area contributed by atoms with Crippen LogP contribution < -0.4 is 10.5 Å². The first-order chi connectivity index (χ1) is 8.60. The monoisotopic (exact) mass is 246 g/mol. The van der Waals surface area contributed by atoms with Crippen LogP contribution in [0.2, 0.25) is 0 Å². The molecule has 1 heterocycles. The number of nitrogens with zero attached hydrogens (tertiary/aromatic N) is 3. The molecule has 0 radical (unpaired) electrons. The summed E-state index contributed by atoms with van der Waals surface area (Å²) in [5, 5.41) is 7.86. The van der Waals surface area contributed by atoms with Crippen molar-refractivity contribution < 1.29 is 4.74 Å². The highest BCUT2D eigenvalue weighted by molar-refractivity contribution is 5.43. The molecule has 96 valence electrons. The van der Waals surface area contributed by atoms with Crippen LogP contribution in [0.1, 0.15) is 22.4 Å². The van der Waals surface area contributed by atoms with E-state index in [1.165, 1.54) is 0 Å². The molecular weight excluding hydrogens is 228 g/mol. The number of aromatic nitrogens is 3. The molecule has 0 aliphatic rings. The molecule has 0 bridgehead atoms. The molecule has 0 saturated carbocycles. The van der Waals surface area contributed by atoms with Crippen molar-refractivity contribution in [3.05, 3.63) is 40.7 Å². The number of nitrogens with two attached hydrogens (primary N) is 1. The normalized spacial score (nSPS) is 10.7. The topological polar surface area (TPSA) is 66.0 Å². The van der Waals surface area contributed by atoms with Gasteiger partial charge in [0.2, 0.25) is 0 Å². The summed E-state index contributed by atoms with van der Waals surface area (Å²) in [4.78, 5) is 0. The van der Waals surface area contributed by atoms with Crippen molar-refractivity contribution in [1.29, 1.82) is 0 Å². The van der Waals surface area contributed by atoms with Crippen LogP contribution in [0.5, 0.6) is 5.75 Å². The van der Waals surface area contributed by atoms with E-state index in [0.717, 1.165) is 28.1 Å². The molecule has 0 spiro atoms. The van der Waals surface area contributed by atoms with E-state index >= 15 is 0 Å². The molecule has 5 heteroatoms. The summed E-state index contributed by atoms with van der Waals surface area (Å²) < 4.78 is 7.47. The highest BCUT2D eigenvalue weighted by Gasteiger charge is 2.07. The predicted octanol–water partition coefficient (Wildman–Crippen LogP) is 1.47. The summed E-state index contributed by atoms with van der Waals surface area (Å²) in [5.74, 6) is 0.901. The zero-order valence-electron chi connectivity index (χ0n) is 11.0. The molecule has 0 atom stereocenters. The molecule has 18 heavy (non-hydrogen) atoms. The second kappa shape index (κ2) is 5.18. The third-order valence-electron chi connectivity index (χ3n) is 2.77. The Morgan fingerprint density at radius 3 is 2.44 bits per heavy atom. The van der Waals surface area contributed by atoms with Gasteiger partial charge in [-0.05, 0) is 30.5 Å². The summed E-state index contributed by atoms with van der Waals surface area (Å²) in [5.41, 5.74) is 9.78. The molecule has 2 aromatic rings. The average Bonchev–Trinajstić information content (AvgIpc) is 2.73. The maximum Gasteiger partial charge on any atom is 0.134 e. The van der Waals surface area contributed by atoms with Crippen molar-refractivity contribution in [2.45, 2.75) is 27.0 Å². The van der Waals surface area contributed by atoms with E-state index in [2.05, 4.69) is 22.4 Å². The molecule has 2 N–H and O–H groups in total. The van der Waals surface area contributed by atoms with Gasteiger partial charge in [0.1, 0.15) is 18.1 Å². The third-order valence-corrected chi connectivity index (χ3v) is 2.77. The smallest absolute Gasteiger partial charge is 0.134 e. The van der Waals surface area contributed by atoms with E-state index < -0.39 is 0 Å². The van der Waals surface area contributed by atoms with Crippen LogP contribution in [0.4, 0.5) is 0 Å². The fourth-order valence-corrected chi connectivity index (χ4v) is 1.99. The second-order valence-electron chi connectivity index (χ2n) is 4.44. The summed E-state index contributed by atoms with van der Waals surface area (Å²) >= 11 is 0. The van der Waals surface area contributed by atoms with Crippen LogP contribution in [0, 0.1) is 13.8 Å². The molecule has 2 rings (SSSR count). The summed E-state index contributed by atoms with van der Waals surface area (Å²) in [6.07, 6.45) is 1.85. The lowest BCUT2D eigenvalue weighted by atomic mass is 10.1. The van der Waals surface area contributed by atoms with Crippen molar-refractivity contribution in [2.75, 3.05) is 0 Å². The van der Waals surface area contributed by atoms with Crippen LogP contribution in [-0.4, -0.2) is 15.0 Å². The van der Waals surface area contributed by atoms with E-state index in [-0.39, 0.29) is 0 Å². The first-order valence-corrected chi connectivity index (χ1v) is 5.88. The van der Waals surface area contributed by atoms with Crippen LogP contribution in [0.15, 0.2) is 18.3 Å². The molecule has 1 aromatic carbocycles. The van der Waals surface area contributed by atoms with Gasteiger partial charge in [-0.15, -0.1) is 5.10 Å². The Bertz CT molecular complexity index is 525. The Morgan fingerprint density at radius 1 is 1.28 bits per heavy atom. The number of benzene rings is 1. The van der Waals surface area contributed by atoms with E-state index in [0.29, 0.717) is 13.2 Å². The summed E-state index contributed by atoms with van der Waals surface area (Å²) in [7, 11) is 1.84. The molecule has 5 nitrogen and oxygen atoms in total. The van der Waals surface area contributed by atoms with Crippen LogP contribution in [-0.2, 0) is 20.2 Å². The fraction of sp³-hybridized carbons (Fsp3) is 0.385. The molecule has 0 aliphatic heterocycles. The maximum atomic E-state index is 5.81. The lowest BCUT2D eigenvalue weighted by Gasteiger charge is -2.12. The first-order valence-electron chi connectivity index (χ1n) is 5.88. The lowest BCUT2D eigenvalue weighted by molar-refractivity contribution is 0.297. The van der Waals surface area contributed by atoms with Crippen LogP contribution in [0.25, 0.3) is 0 Å². The summed E-state index contributed by atoms with van der Waals surface area (Å²) in [6.45, 7) is 5.03. The predicted molar refractivity (Wildman–Crippen MR) is 69.1 cm³/mol. The minimum atomic E-state index is 0.428. The van der Waals surface area contributed by atoms with Crippen LogP contribution >= 0.6 is 0 Å². The van der Waals surface area contributed by atoms with Gasteiger partial charge in [-0.3, -0.25) is 4.68 Å². The minimum Gasteiger partial charge on any atom is -0.487 e. The molecule has 0 aliphatic carbocycles. The van der Waals surface area contributed by atoms with Gasteiger partial charge in [-0.25, -0.2) is 0 Å². The molecule has 0 fully saturated rings. The van der Waals surface area contributed by atoms with Crippen LogP contribution in [0.3, 0.4) is 0 Å². The Hall–Kier alpha value is -1.88. The number of hydrogen-bond donors (Lipinski definition) is 1. The second-order valence-corrected chi connectivity index (χ2v) is 4.44. The largest absolute Gasteiger partial charge is 0.487 e. The average molecular weight is 246 g/mol. The highest BCUT2D eigenvalue weighted by Crippen LogP contribution is 2.25. The highest BCUT2D eigenvalue weighted by atomic mass is 16.5. The lowest BCUT2D eigenvalue weighted by Crippen LogP contribution is -2.02. The van der Waals surface area contributed by atoms with Crippen molar-refractivity contribution >= 4 is 0 Å². The van der Waals surface area contributed by atoms with E-state index in [9.17, 15) is 0 Å². The Labute approximate surface area is 107 Å². The fourth-order valence-electron chi connectivity index (χ4n) is 1.99. The van der Waals surface area contributed by atoms with Gasteiger partial charge in [-0.1, -0.05) is 17.3 Å². The number of rotatable bonds is 4. The van der Waals surface area contributed by atoms with Crippen molar-refractivity contribution in [3.8, 4) is 5.75 Å². The Kier molecular flexibility index (Phi) is 3.62. The molecule has 0 unspecified atom stereocenters. The minimum absolute atomic E-state index is 0.428. The van der Waals surface area contributed by atoms with Gasteiger partial charge in [0.25, 0.3) is 0 Å². The molecular formula is C13H18N4O. The quantitative estimate of drug-likeness (QED) is 0.887. The standard InChI is InChI=1S/C13H18N4O/c1-9-4-11(6-14)5-10(2)13(9)18-8-12-7-17(3)16-15-12/h4-5,7H,6,8,14H2,1-3H3. The molecule has 0 amide bonds. The first kappa shape index (κ1) is 12.6. The number of aryl methyl sites for hydroxylation is 3. The number of hydrogen-bond acceptors (Lipinski definition) is 4. The van der Waals surface area contributed by atoms with Gasteiger partial charge < -0.3 is 10.5 Å². The van der Waals surface area contributed by atoms with Gasteiger partial charge in [0.05, 0.1) is 6.20 Å². The van der Waals surface area contributed by atoms with E-state index in [1.54, 1.807) is 4.68 Å². The van der Waals surface area contributed by atoms with Crippen molar-refractivity contribution in [3.63, 3.8) is 0 Å².